The van der Waals surface area contributed by atoms with Gasteiger partial charge in [-0.1, -0.05) is 18.5 Å². The molecule has 1 aromatic carbocycles. The van der Waals surface area contributed by atoms with Gasteiger partial charge < -0.3 is 15.1 Å². The van der Waals surface area contributed by atoms with Crippen molar-refractivity contribution in [1.29, 1.82) is 0 Å². The van der Waals surface area contributed by atoms with Crippen LogP contribution in [0.3, 0.4) is 0 Å². The fraction of sp³-hybridized carbons (Fsp3) is 0.600. The first-order valence-corrected chi connectivity index (χ1v) is 7.27. The summed E-state index contributed by atoms with van der Waals surface area (Å²) < 4.78 is 0. The Balaban J connectivity index is 2.74. The van der Waals surface area contributed by atoms with Crippen LogP contribution in [0.1, 0.15) is 18.9 Å². The number of hydrogen-bond acceptors (Lipinski definition) is 3. The van der Waals surface area contributed by atoms with Gasteiger partial charge in [0.2, 0.25) is 0 Å². The van der Waals surface area contributed by atoms with Gasteiger partial charge in [0.15, 0.2) is 0 Å². The second-order valence-corrected chi connectivity index (χ2v) is 5.61. The molecule has 0 amide bonds. The molecular weight excluding hydrogens is 258 g/mol. The van der Waals surface area contributed by atoms with Crippen molar-refractivity contribution in [3.63, 3.8) is 0 Å². The number of hydrogen-bond donors (Lipinski definition) is 1. The average molecular weight is 284 g/mol. The zero-order valence-corrected chi connectivity index (χ0v) is 13.3. The van der Waals surface area contributed by atoms with Crippen molar-refractivity contribution in [1.82, 2.24) is 10.2 Å². The standard InChI is InChI=1S/C15H26ClN3/c1-5-8-17-12-13-11-14(16)6-7-15(13)19(4)10-9-18(2)3/h6-7,11,17H,5,8-10,12H2,1-4H3. The lowest BCUT2D eigenvalue weighted by molar-refractivity contribution is 0.416. The van der Waals surface area contributed by atoms with Gasteiger partial charge in [-0.25, -0.2) is 0 Å². The molecule has 0 aromatic heterocycles. The number of rotatable bonds is 8. The van der Waals surface area contributed by atoms with Gasteiger partial charge >= 0.3 is 0 Å². The third-order valence-corrected chi connectivity index (χ3v) is 3.31. The largest absolute Gasteiger partial charge is 0.373 e. The Morgan fingerprint density at radius 2 is 1.89 bits per heavy atom. The smallest absolute Gasteiger partial charge is 0.0410 e. The average Bonchev–Trinajstić information content (AvgIpc) is 2.36. The Morgan fingerprint density at radius 1 is 1.16 bits per heavy atom. The molecule has 0 fully saturated rings. The van der Waals surface area contributed by atoms with E-state index >= 15 is 0 Å². The van der Waals surface area contributed by atoms with E-state index in [-0.39, 0.29) is 0 Å². The number of nitrogens with zero attached hydrogens (tertiary/aromatic N) is 2. The first-order chi connectivity index (χ1) is 9.04. The summed E-state index contributed by atoms with van der Waals surface area (Å²) in [4.78, 5) is 4.49. The molecular formula is C15H26ClN3. The van der Waals surface area contributed by atoms with Crippen LogP contribution in [0.4, 0.5) is 5.69 Å². The Labute approximate surface area is 122 Å². The predicted molar refractivity (Wildman–Crippen MR) is 85.3 cm³/mol. The number of benzene rings is 1. The topological polar surface area (TPSA) is 18.5 Å². The number of anilines is 1. The van der Waals surface area contributed by atoms with E-state index in [1.165, 1.54) is 11.3 Å². The maximum absolute atomic E-state index is 6.11. The lowest BCUT2D eigenvalue weighted by Gasteiger charge is -2.24. The van der Waals surface area contributed by atoms with Crippen molar-refractivity contribution in [2.24, 2.45) is 0 Å². The van der Waals surface area contributed by atoms with Crippen molar-refractivity contribution >= 4 is 17.3 Å². The Hall–Kier alpha value is -0.770. The Kier molecular flexibility index (Phi) is 7.21. The van der Waals surface area contributed by atoms with Crippen LogP contribution in [0, 0.1) is 0 Å². The lowest BCUT2D eigenvalue weighted by Crippen LogP contribution is -2.29. The summed E-state index contributed by atoms with van der Waals surface area (Å²) in [6, 6.07) is 6.14. The predicted octanol–water partition coefficient (Wildman–Crippen LogP) is 2.84. The summed E-state index contributed by atoms with van der Waals surface area (Å²) in [6.07, 6.45) is 1.15. The van der Waals surface area contributed by atoms with E-state index in [1.807, 2.05) is 6.07 Å². The van der Waals surface area contributed by atoms with Crippen LogP contribution in [0.25, 0.3) is 0 Å². The second-order valence-electron chi connectivity index (χ2n) is 5.17. The fourth-order valence-electron chi connectivity index (χ4n) is 1.94. The molecule has 0 saturated heterocycles. The highest BCUT2D eigenvalue weighted by Gasteiger charge is 2.08. The Bertz CT molecular complexity index is 380. The van der Waals surface area contributed by atoms with E-state index in [1.54, 1.807) is 0 Å². The molecule has 0 heterocycles. The van der Waals surface area contributed by atoms with E-state index in [9.17, 15) is 0 Å². The van der Waals surface area contributed by atoms with Gasteiger partial charge in [-0.2, -0.15) is 0 Å². The normalized spacial score (nSPS) is 11.1. The van der Waals surface area contributed by atoms with Gasteiger partial charge in [0, 0.05) is 37.4 Å². The summed E-state index contributed by atoms with van der Waals surface area (Å²) >= 11 is 6.11. The summed E-state index contributed by atoms with van der Waals surface area (Å²) in [5.41, 5.74) is 2.53. The number of likely N-dealkylation sites (N-methyl/N-ethyl adjacent to an activating group) is 2. The third kappa shape index (κ3) is 5.81. The molecule has 0 aliphatic heterocycles. The monoisotopic (exact) mass is 283 g/mol. The SMILES string of the molecule is CCCNCc1cc(Cl)ccc1N(C)CCN(C)C. The van der Waals surface area contributed by atoms with Crippen LogP contribution in [0.15, 0.2) is 18.2 Å². The van der Waals surface area contributed by atoms with E-state index in [2.05, 4.69) is 55.3 Å². The molecule has 0 atom stereocenters. The first-order valence-electron chi connectivity index (χ1n) is 6.89. The number of nitrogens with one attached hydrogen (secondary N) is 1. The molecule has 0 radical (unpaired) electrons. The third-order valence-electron chi connectivity index (χ3n) is 3.08. The number of halogens is 1. The molecule has 0 bridgehead atoms. The first kappa shape index (κ1) is 16.3. The highest BCUT2D eigenvalue weighted by atomic mass is 35.5. The molecule has 108 valence electrons. The molecule has 3 nitrogen and oxygen atoms in total. The summed E-state index contributed by atoms with van der Waals surface area (Å²) in [6.45, 7) is 6.13. The molecule has 0 unspecified atom stereocenters. The Morgan fingerprint density at radius 3 is 2.53 bits per heavy atom. The quantitative estimate of drug-likeness (QED) is 0.740. The summed E-state index contributed by atoms with van der Waals surface area (Å²) in [5, 5.41) is 4.25. The molecule has 0 saturated carbocycles. The zero-order valence-electron chi connectivity index (χ0n) is 12.5. The molecule has 19 heavy (non-hydrogen) atoms. The minimum absolute atomic E-state index is 0.804. The molecule has 1 aromatic rings. The van der Waals surface area contributed by atoms with Gasteiger partial charge in [0.25, 0.3) is 0 Å². The van der Waals surface area contributed by atoms with Crippen LogP contribution < -0.4 is 10.2 Å². The molecule has 1 rings (SSSR count). The minimum Gasteiger partial charge on any atom is -0.373 e. The van der Waals surface area contributed by atoms with Crippen molar-refractivity contribution in [3.05, 3.63) is 28.8 Å². The molecule has 4 heteroatoms. The fourth-order valence-corrected chi connectivity index (χ4v) is 2.13. The summed E-state index contributed by atoms with van der Waals surface area (Å²) in [7, 11) is 6.33. The van der Waals surface area contributed by atoms with Gasteiger partial charge in [-0.15, -0.1) is 0 Å². The van der Waals surface area contributed by atoms with Gasteiger partial charge in [0.1, 0.15) is 0 Å². The van der Waals surface area contributed by atoms with Gasteiger partial charge in [-0.05, 0) is 50.8 Å². The maximum Gasteiger partial charge on any atom is 0.0410 e. The van der Waals surface area contributed by atoms with Gasteiger partial charge in [0.05, 0.1) is 0 Å². The zero-order chi connectivity index (χ0) is 14.3. The molecule has 0 aliphatic carbocycles. The second kappa shape index (κ2) is 8.41. The van der Waals surface area contributed by atoms with E-state index in [0.29, 0.717) is 0 Å². The maximum atomic E-state index is 6.11. The van der Waals surface area contributed by atoms with Crippen LogP contribution in [-0.4, -0.2) is 45.7 Å². The van der Waals surface area contributed by atoms with E-state index in [4.69, 9.17) is 11.6 Å². The van der Waals surface area contributed by atoms with E-state index in [0.717, 1.165) is 37.6 Å². The highest BCUT2D eigenvalue weighted by molar-refractivity contribution is 6.30. The molecule has 0 spiro atoms. The van der Waals surface area contributed by atoms with Crippen molar-refractivity contribution in [3.8, 4) is 0 Å². The lowest BCUT2D eigenvalue weighted by atomic mass is 10.1. The molecule has 1 N–H and O–H groups in total. The van der Waals surface area contributed by atoms with Crippen molar-refractivity contribution in [2.45, 2.75) is 19.9 Å². The highest BCUT2D eigenvalue weighted by Crippen LogP contribution is 2.23. The van der Waals surface area contributed by atoms with Crippen LogP contribution in [0.2, 0.25) is 5.02 Å². The molecule has 0 aliphatic rings. The van der Waals surface area contributed by atoms with Crippen molar-refractivity contribution in [2.75, 3.05) is 45.7 Å². The van der Waals surface area contributed by atoms with E-state index < -0.39 is 0 Å². The van der Waals surface area contributed by atoms with Crippen LogP contribution in [-0.2, 0) is 6.54 Å². The van der Waals surface area contributed by atoms with Crippen molar-refractivity contribution < 1.29 is 0 Å². The van der Waals surface area contributed by atoms with Crippen LogP contribution >= 0.6 is 11.6 Å². The van der Waals surface area contributed by atoms with Gasteiger partial charge in [-0.3, -0.25) is 0 Å². The van der Waals surface area contributed by atoms with Crippen LogP contribution in [0.5, 0.6) is 0 Å². The summed E-state index contributed by atoms with van der Waals surface area (Å²) in [5.74, 6) is 0. The minimum atomic E-state index is 0.804.